The number of anilines is 2. The van der Waals surface area contributed by atoms with Gasteiger partial charge in [0.1, 0.15) is 11.3 Å². The number of benzene rings is 1. The number of ether oxygens (including phenoxy) is 1. The standard InChI is InChI=1S/C23H25N5O3.C2H6.CH5N/c1-3-16(17-7-5-4-6-8-17)13-20(24-2)26-23-25-19-14-18(15-29)31-21(19)22(27-23)28-9-11-30-12-10-28;2*1-2/h3-8,13-15,24H,9-12H2,1-2H3,(H,25,26,27);1-2H3;2H2,1H3/b16-3+,20-13+;;. The molecule has 4 rings (SSSR count). The van der Waals surface area contributed by atoms with Gasteiger partial charge in [-0.2, -0.15) is 4.98 Å². The molecule has 1 aliphatic rings. The lowest BCUT2D eigenvalue weighted by Crippen LogP contribution is -2.37. The minimum absolute atomic E-state index is 0.223. The van der Waals surface area contributed by atoms with Crippen LogP contribution in [-0.2, 0) is 4.74 Å². The third kappa shape index (κ3) is 7.14. The summed E-state index contributed by atoms with van der Waals surface area (Å²) < 4.78 is 11.1. The molecule has 1 aromatic carbocycles. The monoisotopic (exact) mass is 480 g/mol. The molecule has 0 spiro atoms. The number of morpholine rings is 1. The fourth-order valence-corrected chi connectivity index (χ4v) is 3.45. The molecule has 9 nitrogen and oxygen atoms in total. The zero-order valence-electron chi connectivity index (χ0n) is 21.2. The SMILES string of the molecule is C/C=C(\C=C(/NC)Nc1nc(N2CCOCC2)c2oc(C=O)cc2n1)c1ccccc1.CC.CN. The zero-order valence-corrected chi connectivity index (χ0v) is 21.2. The van der Waals surface area contributed by atoms with E-state index in [4.69, 9.17) is 14.1 Å². The minimum atomic E-state index is 0.223. The van der Waals surface area contributed by atoms with Gasteiger partial charge < -0.3 is 30.4 Å². The molecule has 0 atom stereocenters. The molecule has 188 valence electrons. The molecule has 0 saturated carbocycles. The summed E-state index contributed by atoms with van der Waals surface area (Å²) in [7, 11) is 3.33. The maximum Gasteiger partial charge on any atom is 0.231 e. The molecule has 4 N–H and O–H groups in total. The summed E-state index contributed by atoms with van der Waals surface area (Å²) in [5, 5.41) is 6.43. The number of furan rings is 1. The summed E-state index contributed by atoms with van der Waals surface area (Å²) in [6.07, 6.45) is 4.72. The van der Waals surface area contributed by atoms with Crippen molar-refractivity contribution in [3.05, 3.63) is 65.7 Å². The van der Waals surface area contributed by atoms with Crippen LogP contribution in [0.3, 0.4) is 0 Å². The number of allylic oxidation sites excluding steroid dienone is 3. The molecule has 1 aliphatic heterocycles. The summed E-state index contributed by atoms with van der Waals surface area (Å²) in [5.74, 6) is 2.02. The van der Waals surface area contributed by atoms with Crippen LogP contribution in [-0.4, -0.2) is 56.7 Å². The van der Waals surface area contributed by atoms with E-state index in [1.54, 1.807) is 6.07 Å². The van der Waals surface area contributed by atoms with Crippen molar-refractivity contribution in [2.75, 3.05) is 50.6 Å². The lowest BCUT2D eigenvalue weighted by atomic mass is 10.1. The maximum absolute atomic E-state index is 11.2. The van der Waals surface area contributed by atoms with Crippen molar-refractivity contribution in [2.24, 2.45) is 5.73 Å². The maximum atomic E-state index is 11.2. The van der Waals surface area contributed by atoms with Crippen LogP contribution in [0.1, 0.15) is 36.9 Å². The third-order valence-corrected chi connectivity index (χ3v) is 5.03. The van der Waals surface area contributed by atoms with Crippen LogP contribution in [0.2, 0.25) is 0 Å². The Labute approximate surface area is 207 Å². The fraction of sp³-hybridized carbons (Fsp3) is 0.346. The van der Waals surface area contributed by atoms with Gasteiger partial charge in [0.05, 0.1) is 13.2 Å². The van der Waals surface area contributed by atoms with E-state index in [0.717, 1.165) is 17.0 Å². The molecule has 35 heavy (non-hydrogen) atoms. The summed E-state index contributed by atoms with van der Waals surface area (Å²) in [4.78, 5) is 22.6. The number of carbonyl (C=O) groups excluding carboxylic acids is 1. The number of nitrogens with one attached hydrogen (secondary N) is 2. The predicted octanol–water partition coefficient (Wildman–Crippen LogP) is 4.05. The smallest absolute Gasteiger partial charge is 0.231 e. The van der Waals surface area contributed by atoms with Crippen molar-refractivity contribution in [2.45, 2.75) is 20.8 Å². The van der Waals surface area contributed by atoms with E-state index < -0.39 is 0 Å². The van der Waals surface area contributed by atoms with E-state index in [1.165, 1.54) is 7.05 Å². The van der Waals surface area contributed by atoms with E-state index in [1.807, 2.05) is 58.2 Å². The van der Waals surface area contributed by atoms with Crippen molar-refractivity contribution in [1.29, 1.82) is 0 Å². The van der Waals surface area contributed by atoms with E-state index in [2.05, 4.69) is 38.4 Å². The van der Waals surface area contributed by atoms with Crippen molar-refractivity contribution < 1.29 is 13.9 Å². The Bertz CT molecular complexity index is 1120. The number of hydrogen-bond acceptors (Lipinski definition) is 9. The average Bonchev–Trinajstić information content (AvgIpc) is 3.37. The first-order chi connectivity index (χ1) is 17.2. The molecule has 0 radical (unpaired) electrons. The molecule has 0 amide bonds. The van der Waals surface area contributed by atoms with Gasteiger partial charge in [-0.15, -0.1) is 0 Å². The van der Waals surface area contributed by atoms with Gasteiger partial charge >= 0.3 is 0 Å². The van der Waals surface area contributed by atoms with E-state index in [0.29, 0.717) is 55.5 Å². The summed E-state index contributed by atoms with van der Waals surface area (Å²) >= 11 is 0. The van der Waals surface area contributed by atoms with Crippen LogP contribution < -0.4 is 21.3 Å². The Morgan fingerprint density at radius 1 is 1.11 bits per heavy atom. The highest BCUT2D eigenvalue weighted by atomic mass is 16.5. The van der Waals surface area contributed by atoms with Gasteiger partial charge in [-0.1, -0.05) is 50.3 Å². The molecule has 0 bridgehead atoms. The molecular formula is C26H36N6O3. The van der Waals surface area contributed by atoms with Gasteiger partial charge in [-0.05, 0) is 31.2 Å². The molecule has 2 aromatic heterocycles. The Morgan fingerprint density at radius 3 is 2.40 bits per heavy atom. The summed E-state index contributed by atoms with van der Waals surface area (Å²) in [6, 6.07) is 11.8. The van der Waals surface area contributed by atoms with Gasteiger partial charge in [0.25, 0.3) is 0 Å². The van der Waals surface area contributed by atoms with Gasteiger partial charge in [-0.25, -0.2) is 4.98 Å². The first-order valence-corrected chi connectivity index (χ1v) is 11.8. The number of carbonyl (C=O) groups is 1. The number of nitrogens with zero attached hydrogens (tertiary/aromatic N) is 3. The summed E-state index contributed by atoms with van der Waals surface area (Å²) in [5.41, 5.74) is 7.74. The average molecular weight is 481 g/mol. The third-order valence-electron chi connectivity index (χ3n) is 5.03. The predicted molar refractivity (Wildman–Crippen MR) is 143 cm³/mol. The Kier molecular flexibility index (Phi) is 11.5. The van der Waals surface area contributed by atoms with E-state index in [-0.39, 0.29) is 5.76 Å². The van der Waals surface area contributed by atoms with Crippen LogP contribution >= 0.6 is 0 Å². The number of aromatic nitrogens is 2. The van der Waals surface area contributed by atoms with E-state index in [9.17, 15) is 4.79 Å². The Balaban J connectivity index is 0.00000103. The molecule has 0 unspecified atom stereocenters. The number of hydrogen-bond donors (Lipinski definition) is 3. The highest BCUT2D eigenvalue weighted by Gasteiger charge is 2.21. The second kappa shape index (κ2) is 14.5. The first kappa shape index (κ1) is 27.6. The number of rotatable bonds is 7. The van der Waals surface area contributed by atoms with E-state index >= 15 is 0 Å². The first-order valence-electron chi connectivity index (χ1n) is 11.8. The Hall–Kier alpha value is -3.69. The molecular weight excluding hydrogens is 444 g/mol. The second-order valence-corrected chi connectivity index (χ2v) is 6.99. The van der Waals surface area contributed by atoms with Crippen molar-refractivity contribution >= 4 is 34.7 Å². The quantitative estimate of drug-likeness (QED) is 0.340. The van der Waals surface area contributed by atoms with Gasteiger partial charge in [0, 0.05) is 26.2 Å². The lowest BCUT2D eigenvalue weighted by Gasteiger charge is -2.27. The molecule has 3 aromatic rings. The number of nitrogens with two attached hydrogens (primary N) is 1. The van der Waals surface area contributed by atoms with Crippen molar-refractivity contribution in [3.63, 3.8) is 0 Å². The largest absolute Gasteiger partial charge is 0.448 e. The highest BCUT2D eigenvalue weighted by molar-refractivity contribution is 5.90. The van der Waals surface area contributed by atoms with Crippen LogP contribution in [0.5, 0.6) is 0 Å². The second-order valence-electron chi connectivity index (χ2n) is 6.99. The Morgan fingerprint density at radius 2 is 1.80 bits per heavy atom. The highest BCUT2D eigenvalue weighted by Crippen LogP contribution is 2.29. The lowest BCUT2D eigenvalue weighted by molar-refractivity contribution is 0.110. The van der Waals surface area contributed by atoms with Gasteiger partial charge in [0.2, 0.25) is 5.95 Å². The minimum Gasteiger partial charge on any atom is -0.448 e. The van der Waals surface area contributed by atoms with Crippen molar-refractivity contribution in [1.82, 2.24) is 15.3 Å². The number of fused-ring (bicyclic) bond motifs is 1. The van der Waals surface area contributed by atoms with Crippen LogP contribution in [0.25, 0.3) is 16.7 Å². The molecule has 0 aliphatic carbocycles. The topological polar surface area (TPSA) is 119 Å². The van der Waals surface area contributed by atoms with Crippen LogP contribution in [0.4, 0.5) is 11.8 Å². The fourth-order valence-electron chi connectivity index (χ4n) is 3.45. The molecule has 1 saturated heterocycles. The van der Waals surface area contributed by atoms with Gasteiger partial charge in [0.15, 0.2) is 23.4 Å². The van der Waals surface area contributed by atoms with Gasteiger partial charge in [-0.3, -0.25) is 4.79 Å². The van der Waals surface area contributed by atoms with Crippen LogP contribution in [0, 0.1) is 0 Å². The molecule has 9 heteroatoms. The summed E-state index contributed by atoms with van der Waals surface area (Å²) in [6.45, 7) is 8.59. The number of aldehydes is 1. The van der Waals surface area contributed by atoms with Crippen LogP contribution in [0.15, 0.2) is 58.8 Å². The van der Waals surface area contributed by atoms with Crippen molar-refractivity contribution in [3.8, 4) is 0 Å². The molecule has 3 heterocycles. The molecule has 1 fully saturated rings. The normalized spacial score (nSPS) is 13.8. The zero-order chi connectivity index (χ0) is 25.6.